The number of carbonyl (C=O) groups excluding carboxylic acids is 1. The Morgan fingerprint density at radius 3 is 2.24 bits per heavy atom. The van der Waals surface area contributed by atoms with Crippen molar-refractivity contribution in [1.29, 1.82) is 0 Å². The number of Topliss-reactive ketones (excluding diaryl/α,β-unsaturated/α-hetero) is 1. The van der Waals surface area contributed by atoms with Crippen LogP contribution in [0.25, 0.3) is 21.5 Å². The highest BCUT2D eigenvalue weighted by Crippen LogP contribution is 2.36. The molecular formula is C16H8BrCl3O. The molecular weight excluding hydrogens is 394 g/mol. The molecule has 21 heavy (non-hydrogen) atoms. The summed E-state index contributed by atoms with van der Waals surface area (Å²) in [6.07, 6.45) is 0. The van der Waals surface area contributed by atoms with E-state index in [4.69, 9.17) is 34.8 Å². The molecule has 0 N–H and O–H groups in total. The Morgan fingerprint density at radius 1 is 0.857 bits per heavy atom. The van der Waals surface area contributed by atoms with Crippen LogP contribution in [-0.4, -0.2) is 11.1 Å². The first-order chi connectivity index (χ1) is 10.0. The summed E-state index contributed by atoms with van der Waals surface area (Å²) in [7, 11) is 0. The third kappa shape index (κ3) is 2.66. The zero-order chi connectivity index (χ0) is 15.1. The number of rotatable bonds is 2. The minimum absolute atomic E-state index is 0.00441. The van der Waals surface area contributed by atoms with Crippen LogP contribution >= 0.6 is 50.7 Å². The Balaban J connectivity index is 2.56. The fourth-order valence-corrected chi connectivity index (χ4v) is 3.48. The molecule has 0 heterocycles. The minimum Gasteiger partial charge on any atom is -0.293 e. The van der Waals surface area contributed by atoms with Crippen molar-refractivity contribution in [2.24, 2.45) is 0 Å². The van der Waals surface area contributed by atoms with Crippen LogP contribution in [0.3, 0.4) is 0 Å². The van der Waals surface area contributed by atoms with Crippen LogP contribution in [0.1, 0.15) is 10.4 Å². The number of hydrogen-bond donors (Lipinski definition) is 0. The summed E-state index contributed by atoms with van der Waals surface area (Å²) in [5.74, 6) is -0.00441. The van der Waals surface area contributed by atoms with Crippen molar-refractivity contribution in [3.8, 4) is 0 Å². The van der Waals surface area contributed by atoms with Crippen LogP contribution in [0, 0.1) is 0 Å². The van der Waals surface area contributed by atoms with Crippen molar-refractivity contribution in [2.45, 2.75) is 0 Å². The Morgan fingerprint density at radius 2 is 1.52 bits per heavy atom. The fourth-order valence-electron chi connectivity index (χ4n) is 2.45. The average molecular weight is 403 g/mol. The van der Waals surface area contributed by atoms with Crippen molar-refractivity contribution in [1.82, 2.24) is 0 Å². The van der Waals surface area contributed by atoms with Gasteiger partial charge in [0.1, 0.15) is 0 Å². The van der Waals surface area contributed by atoms with Gasteiger partial charge in [0.25, 0.3) is 0 Å². The van der Waals surface area contributed by atoms with Gasteiger partial charge in [-0.05, 0) is 46.5 Å². The Hall–Kier alpha value is -0.800. The molecule has 3 aromatic rings. The van der Waals surface area contributed by atoms with Gasteiger partial charge in [-0.25, -0.2) is 0 Å². The van der Waals surface area contributed by atoms with Crippen molar-refractivity contribution >= 4 is 78.1 Å². The molecule has 0 aliphatic heterocycles. The lowest BCUT2D eigenvalue weighted by Crippen LogP contribution is -2.01. The summed E-state index contributed by atoms with van der Waals surface area (Å²) in [5, 5.41) is 5.31. The summed E-state index contributed by atoms with van der Waals surface area (Å²) in [5.41, 5.74) is 0.621. The molecule has 106 valence electrons. The van der Waals surface area contributed by atoms with Crippen molar-refractivity contribution in [2.75, 3.05) is 5.33 Å². The van der Waals surface area contributed by atoms with Gasteiger partial charge >= 0.3 is 0 Å². The first kappa shape index (κ1) is 15.1. The Kier molecular flexibility index (Phi) is 4.15. The van der Waals surface area contributed by atoms with Crippen molar-refractivity contribution < 1.29 is 4.79 Å². The van der Waals surface area contributed by atoms with Gasteiger partial charge in [-0.1, -0.05) is 56.8 Å². The average Bonchev–Trinajstić information content (AvgIpc) is 2.45. The van der Waals surface area contributed by atoms with Gasteiger partial charge in [-0.2, -0.15) is 0 Å². The van der Waals surface area contributed by atoms with E-state index in [-0.39, 0.29) is 11.1 Å². The number of fused-ring (bicyclic) bond motifs is 3. The van der Waals surface area contributed by atoms with Gasteiger partial charge in [0.15, 0.2) is 5.78 Å². The number of hydrogen-bond acceptors (Lipinski definition) is 1. The van der Waals surface area contributed by atoms with E-state index in [2.05, 4.69) is 15.9 Å². The molecule has 0 radical (unpaired) electrons. The third-order valence-electron chi connectivity index (χ3n) is 3.37. The predicted octanol–water partition coefficient (Wildman–Crippen LogP) is 6.53. The van der Waals surface area contributed by atoms with E-state index in [9.17, 15) is 4.79 Å². The number of ketones is 1. The van der Waals surface area contributed by atoms with E-state index in [0.717, 1.165) is 21.5 Å². The molecule has 0 aliphatic carbocycles. The van der Waals surface area contributed by atoms with Crippen molar-refractivity contribution in [3.63, 3.8) is 0 Å². The highest BCUT2D eigenvalue weighted by Gasteiger charge is 2.14. The molecule has 3 aromatic carbocycles. The monoisotopic (exact) mass is 400 g/mol. The fraction of sp³-hybridized carbons (Fsp3) is 0.0625. The van der Waals surface area contributed by atoms with Crippen LogP contribution in [0.5, 0.6) is 0 Å². The second kappa shape index (κ2) is 5.77. The summed E-state index contributed by atoms with van der Waals surface area (Å²) in [4.78, 5) is 12.2. The molecule has 3 rings (SSSR count). The van der Waals surface area contributed by atoms with Crippen LogP contribution in [-0.2, 0) is 0 Å². The molecule has 0 aliphatic rings. The van der Waals surface area contributed by atoms with Gasteiger partial charge in [-0.3, -0.25) is 4.79 Å². The second-order valence-corrected chi connectivity index (χ2v) is 6.49. The van der Waals surface area contributed by atoms with Crippen molar-refractivity contribution in [3.05, 3.63) is 57.0 Å². The summed E-state index contributed by atoms with van der Waals surface area (Å²) in [6.45, 7) is 0. The Bertz CT molecular complexity index is 890. The van der Waals surface area contributed by atoms with E-state index in [1.165, 1.54) is 0 Å². The number of alkyl halides is 1. The molecule has 5 heteroatoms. The molecule has 0 amide bonds. The number of benzene rings is 3. The predicted molar refractivity (Wildman–Crippen MR) is 94.6 cm³/mol. The minimum atomic E-state index is -0.00441. The lowest BCUT2D eigenvalue weighted by Gasteiger charge is -2.11. The standard InChI is InChI=1S/C16H8BrCl3O/c17-7-16(21)14-6-13-12(4-9(19)5-15(13)20)11-3-8(18)1-2-10(11)14/h1-6H,7H2. The molecule has 1 nitrogen and oxygen atoms in total. The molecule has 0 atom stereocenters. The van der Waals surface area contributed by atoms with Gasteiger partial charge in [0.2, 0.25) is 0 Å². The maximum absolute atomic E-state index is 12.2. The number of carbonyl (C=O) groups is 1. The maximum atomic E-state index is 12.2. The molecule has 0 saturated carbocycles. The van der Waals surface area contributed by atoms with Gasteiger partial charge in [0, 0.05) is 26.0 Å². The van der Waals surface area contributed by atoms with Crippen LogP contribution in [0.4, 0.5) is 0 Å². The largest absolute Gasteiger partial charge is 0.293 e. The van der Waals surface area contributed by atoms with Crippen LogP contribution in [0.2, 0.25) is 15.1 Å². The maximum Gasteiger partial charge on any atom is 0.174 e. The van der Waals surface area contributed by atoms with E-state index < -0.39 is 0 Å². The van der Waals surface area contributed by atoms with Gasteiger partial charge in [-0.15, -0.1) is 0 Å². The van der Waals surface area contributed by atoms with Gasteiger partial charge in [0.05, 0.1) is 5.33 Å². The quantitative estimate of drug-likeness (QED) is 0.270. The summed E-state index contributed by atoms with van der Waals surface area (Å²) in [6, 6.07) is 10.8. The second-order valence-electron chi connectivity index (χ2n) is 4.65. The highest BCUT2D eigenvalue weighted by molar-refractivity contribution is 9.09. The lowest BCUT2D eigenvalue weighted by molar-refractivity contribution is 0.102. The van der Waals surface area contributed by atoms with E-state index in [0.29, 0.717) is 20.6 Å². The van der Waals surface area contributed by atoms with E-state index in [1.807, 2.05) is 24.3 Å². The normalized spacial score (nSPS) is 11.2. The molecule has 0 fully saturated rings. The third-order valence-corrected chi connectivity index (χ3v) is 4.64. The van der Waals surface area contributed by atoms with Gasteiger partial charge < -0.3 is 0 Å². The smallest absolute Gasteiger partial charge is 0.174 e. The zero-order valence-corrected chi connectivity index (χ0v) is 14.4. The molecule has 0 aromatic heterocycles. The van der Waals surface area contributed by atoms with Crippen LogP contribution in [0.15, 0.2) is 36.4 Å². The first-order valence-corrected chi connectivity index (χ1v) is 8.37. The zero-order valence-electron chi connectivity index (χ0n) is 10.6. The van der Waals surface area contributed by atoms with Crippen LogP contribution < -0.4 is 0 Å². The van der Waals surface area contributed by atoms with E-state index in [1.54, 1.807) is 12.1 Å². The molecule has 0 unspecified atom stereocenters. The Labute approximate surface area is 144 Å². The SMILES string of the molecule is O=C(CBr)c1cc2c(Cl)cc(Cl)cc2c2cc(Cl)ccc12. The highest BCUT2D eigenvalue weighted by atomic mass is 79.9. The lowest BCUT2D eigenvalue weighted by atomic mass is 9.95. The molecule has 0 saturated heterocycles. The summed E-state index contributed by atoms with van der Waals surface area (Å²) >= 11 is 21.7. The first-order valence-electron chi connectivity index (χ1n) is 6.11. The topological polar surface area (TPSA) is 17.1 Å². The number of halogens is 4. The molecule has 0 bridgehead atoms. The summed E-state index contributed by atoms with van der Waals surface area (Å²) < 4.78 is 0. The van der Waals surface area contributed by atoms with E-state index >= 15 is 0 Å². The molecule has 0 spiro atoms.